The number of rotatable bonds is 2. The van der Waals surface area contributed by atoms with Crippen LogP contribution in [0.4, 0.5) is 8.78 Å². The van der Waals surface area contributed by atoms with Crippen LogP contribution in [0, 0.1) is 11.6 Å². The number of hydrogen-bond donors (Lipinski definition) is 0. The van der Waals surface area contributed by atoms with E-state index in [1.807, 2.05) is 0 Å². The van der Waals surface area contributed by atoms with Crippen LogP contribution in [-0.2, 0) is 0 Å². The highest BCUT2D eigenvalue weighted by Crippen LogP contribution is 2.23. The lowest BCUT2D eigenvalue weighted by atomic mass is 10.1. The summed E-state index contributed by atoms with van der Waals surface area (Å²) in [6.45, 7) is 0. The lowest BCUT2D eigenvalue weighted by molar-refractivity contribution is 0.380. The molecule has 0 radical (unpaired) electrons. The average molecular weight is 222 g/mol. The minimum atomic E-state index is -0.906. The van der Waals surface area contributed by atoms with Crippen molar-refractivity contribution >= 4 is 0 Å². The highest BCUT2D eigenvalue weighted by molar-refractivity contribution is 5.62. The molecule has 1 heterocycles. The van der Waals surface area contributed by atoms with Crippen molar-refractivity contribution < 1.29 is 13.5 Å². The average Bonchev–Trinajstić information content (AvgIpc) is 2.33. The molecule has 1 aromatic heterocycles. The van der Waals surface area contributed by atoms with Crippen LogP contribution in [0.1, 0.15) is 0 Å². The van der Waals surface area contributed by atoms with E-state index in [-0.39, 0.29) is 11.6 Å². The summed E-state index contributed by atoms with van der Waals surface area (Å²) in [5.41, 5.74) is 0.528. The van der Waals surface area contributed by atoms with Gasteiger partial charge in [0, 0.05) is 23.5 Å². The van der Waals surface area contributed by atoms with E-state index in [9.17, 15) is 8.78 Å². The fourth-order valence-corrected chi connectivity index (χ4v) is 1.29. The first-order valence-corrected chi connectivity index (χ1v) is 4.53. The SMILES string of the molecule is COc1ncc(-c2cccc(F)c2F)cn1. The number of hydrogen-bond acceptors (Lipinski definition) is 3. The van der Waals surface area contributed by atoms with E-state index in [0.717, 1.165) is 6.07 Å². The molecule has 0 saturated carbocycles. The van der Waals surface area contributed by atoms with E-state index in [2.05, 4.69) is 9.97 Å². The van der Waals surface area contributed by atoms with Crippen LogP contribution in [0.5, 0.6) is 6.01 Å². The Morgan fingerprint density at radius 1 is 1.12 bits per heavy atom. The van der Waals surface area contributed by atoms with Crippen molar-refractivity contribution in [3.8, 4) is 17.1 Å². The second-order valence-electron chi connectivity index (χ2n) is 3.06. The minimum absolute atomic E-state index is 0.127. The molecule has 2 rings (SSSR count). The van der Waals surface area contributed by atoms with Crippen molar-refractivity contribution in [2.75, 3.05) is 7.11 Å². The van der Waals surface area contributed by atoms with Crippen LogP contribution in [0.2, 0.25) is 0 Å². The van der Waals surface area contributed by atoms with Crippen LogP contribution >= 0.6 is 0 Å². The molecule has 0 spiro atoms. The van der Waals surface area contributed by atoms with Gasteiger partial charge in [-0.2, -0.15) is 0 Å². The molecule has 0 atom stereocenters. The second kappa shape index (κ2) is 4.22. The van der Waals surface area contributed by atoms with Crippen molar-refractivity contribution in [3.63, 3.8) is 0 Å². The van der Waals surface area contributed by atoms with Crippen molar-refractivity contribution in [1.82, 2.24) is 9.97 Å². The Hall–Kier alpha value is -2.04. The number of ether oxygens (including phenoxy) is 1. The van der Waals surface area contributed by atoms with Gasteiger partial charge in [0.25, 0.3) is 0 Å². The van der Waals surface area contributed by atoms with E-state index in [0.29, 0.717) is 5.56 Å². The third-order valence-electron chi connectivity index (χ3n) is 2.07. The molecule has 1 aromatic carbocycles. The Kier molecular flexibility index (Phi) is 2.76. The fraction of sp³-hybridized carbons (Fsp3) is 0.0909. The summed E-state index contributed by atoms with van der Waals surface area (Å²) in [6, 6.07) is 4.13. The molecule has 0 aliphatic rings. The van der Waals surface area contributed by atoms with Gasteiger partial charge in [-0.3, -0.25) is 0 Å². The highest BCUT2D eigenvalue weighted by Gasteiger charge is 2.10. The summed E-state index contributed by atoms with van der Waals surface area (Å²) in [7, 11) is 1.43. The predicted octanol–water partition coefficient (Wildman–Crippen LogP) is 2.43. The summed E-state index contributed by atoms with van der Waals surface area (Å²) in [6.07, 6.45) is 2.76. The molecule has 0 saturated heterocycles. The fourth-order valence-electron chi connectivity index (χ4n) is 1.29. The zero-order valence-corrected chi connectivity index (χ0v) is 8.45. The molecule has 2 aromatic rings. The van der Waals surface area contributed by atoms with Crippen molar-refractivity contribution in [2.45, 2.75) is 0 Å². The summed E-state index contributed by atoms with van der Waals surface area (Å²) in [5, 5.41) is 0. The van der Waals surface area contributed by atoms with Crippen LogP contribution in [0.15, 0.2) is 30.6 Å². The summed E-state index contributed by atoms with van der Waals surface area (Å²) < 4.78 is 31.1. The Bertz CT molecular complexity index is 500. The molecule has 0 unspecified atom stereocenters. The molecule has 0 fully saturated rings. The van der Waals surface area contributed by atoms with E-state index in [1.54, 1.807) is 0 Å². The van der Waals surface area contributed by atoms with Crippen LogP contribution in [0.3, 0.4) is 0 Å². The molecule has 82 valence electrons. The maximum absolute atomic E-state index is 13.4. The van der Waals surface area contributed by atoms with Crippen molar-refractivity contribution in [2.24, 2.45) is 0 Å². The minimum Gasteiger partial charge on any atom is -0.467 e. The highest BCUT2D eigenvalue weighted by atomic mass is 19.2. The molecule has 0 bridgehead atoms. The Morgan fingerprint density at radius 3 is 2.44 bits per heavy atom. The van der Waals surface area contributed by atoms with Crippen molar-refractivity contribution in [1.29, 1.82) is 0 Å². The van der Waals surface area contributed by atoms with E-state index in [4.69, 9.17) is 4.74 Å². The first-order valence-electron chi connectivity index (χ1n) is 4.53. The zero-order chi connectivity index (χ0) is 11.5. The largest absolute Gasteiger partial charge is 0.467 e. The molecular formula is C11H8F2N2O. The molecule has 0 aliphatic carbocycles. The molecule has 0 aliphatic heterocycles. The number of methoxy groups -OCH3 is 1. The summed E-state index contributed by atoms with van der Waals surface area (Å²) in [5.74, 6) is -1.80. The Morgan fingerprint density at radius 2 is 1.81 bits per heavy atom. The number of halogens is 2. The number of nitrogens with zero attached hydrogens (tertiary/aromatic N) is 2. The van der Waals surface area contributed by atoms with Gasteiger partial charge in [0.1, 0.15) is 0 Å². The first-order chi connectivity index (χ1) is 7.72. The van der Waals surface area contributed by atoms with Crippen LogP contribution in [-0.4, -0.2) is 17.1 Å². The Balaban J connectivity index is 2.46. The van der Waals surface area contributed by atoms with Gasteiger partial charge in [0.05, 0.1) is 7.11 Å². The monoisotopic (exact) mass is 222 g/mol. The zero-order valence-electron chi connectivity index (χ0n) is 8.45. The normalized spacial score (nSPS) is 10.2. The lowest BCUT2D eigenvalue weighted by Crippen LogP contribution is -1.94. The molecule has 0 N–H and O–H groups in total. The van der Waals surface area contributed by atoms with Gasteiger partial charge in [0.15, 0.2) is 11.6 Å². The van der Waals surface area contributed by atoms with Gasteiger partial charge >= 0.3 is 6.01 Å². The second-order valence-corrected chi connectivity index (χ2v) is 3.06. The maximum Gasteiger partial charge on any atom is 0.316 e. The quantitative estimate of drug-likeness (QED) is 0.782. The Labute approximate surface area is 90.7 Å². The lowest BCUT2D eigenvalue weighted by Gasteiger charge is -2.03. The molecule has 3 nitrogen and oxygen atoms in total. The first kappa shape index (κ1) is 10.5. The number of aromatic nitrogens is 2. The van der Waals surface area contributed by atoms with E-state index >= 15 is 0 Å². The van der Waals surface area contributed by atoms with Gasteiger partial charge in [-0.1, -0.05) is 12.1 Å². The molecule has 16 heavy (non-hydrogen) atoms. The summed E-state index contributed by atoms with van der Waals surface area (Å²) >= 11 is 0. The van der Waals surface area contributed by atoms with Gasteiger partial charge in [-0.15, -0.1) is 0 Å². The van der Waals surface area contributed by atoms with Crippen LogP contribution < -0.4 is 4.74 Å². The van der Waals surface area contributed by atoms with Gasteiger partial charge < -0.3 is 4.74 Å². The third-order valence-corrected chi connectivity index (χ3v) is 2.07. The van der Waals surface area contributed by atoms with Gasteiger partial charge in [0.2, 0.25) is 0 Å². The van der Waals surface area contributed by atoms with Gasteiger partial charge in [-0.25, -0.2) is 18.7 Å². The molecule has 0 amide bonds. The van der Waals surface area contributed by atoms with Crippen molar-refractivity contribution in [3.05, 3.63) is 42.2 Å². The van der Waals surface area contributed by atoms with Gasteiger partial charge in [-0.05, 0) is 6.07 Å². The van der Waals surface area contributed by atoms with E-state index in [1.165, 1.54) is 31.6 Å². The topological polar surface area (TPSA) is 35.0 Å². The standard InChI is InChI=1S/C11H8F2N2O/c1-16-11-14-5-7(6-15-11)8-3-2-4-9(12)10(8)13/h2-6H,1H3. The molecular weight excluding hydrogens is 214 g/mol. The molecule has 5 heteroatoms. The third kappa shape index (κ3) is 1.84. The van der Waals surface area contributed by atoms with Crippen LogP contribution in [0.25, 0.3) is 11.1 Å². The van der Waals surface area contributed by atoms with E-state index < -0.39 is 11.6 Å². The number of benzene rings is 1. The predicted molar refractivity (Wildman–Crippen MR) is 53.9 cm³/mol. The summed E-state index contributed by atoms with van der Waals surface area (Å²) in [4.78, 5) is 7.64. The maximum atomic E-state index is 13.4. The smallest absolute Gasteiger partial charge is 0.316 e.